The van der Waals surface area contributed by atoms with Gasteiger partial charge in [-0.05, 0) is 48.6 Å². The van der Waals surface area contributed by atoms with E-state index in [0.717, 1.165) is 16.0 Å². The maximum atomic E-state index is 13.5. The fourth-order valence-electron chi connectivity index (χ4n) is 3.53. The molecule has 2 heterocycles. The van der Waals surface area contributed by atoms with E-state index in [4.69, 9.17) is 16.3 Å². The molecule has 0 unspecified atom stereocenters. The van der Waals surface area contributed by atoms with E-state index in [9.17, 15) is 9.59 Å². The van der Waals surface area contributed by atoms with Crippen molar-refractivity contribution in [1.82, 2.24) is 4.57 Å². The van der Waals surface area contributed by atoms with Gasteiger partial charge in [0.15, 0.2) is 4.80 Å². The first-order chi connectivity index (χ1) is 14.9. The summed E-state index contributed by atoms with van der Waals surface area (Å²) in [5.74, 6) is -0.499. The average molecular weight is 471 g/mol. The molecular weight excluding hydrogens is 452 g/mol. The number of carbonyl (C=O) groups is 1. The van der Waals surface area contributed by atoms with Crippen LogP contribution in [0.3, 0.4) is 0 Å². The van der Waals surface area contributed by atoms with Gasteiger partial charge >= 0.3 is 5.97 Å². The predicted octanol–water partition coefficient (Wildman–Crippen LogP) is 3.78. The second kappa shape index (κ2) is 8.86. The molecule has 2 aromatic carbocycles. The maximum absolute atomic E-state index is 13.5. The Morgan fingerprint density at radius 3 is 2.58 bits per heavy atom. The van der Waals surface area contributed by atoms with Gasteiger partial charge in [-0.2, -0.15) is 0 Å². The van der Waals surface area contributed by atoms with Gasteiger partial charge in [0.05, 0.1) is 29.0 Å². The summed E-state index contributed by atoms with van der Waals surface area (Å²) in [5.41, 5.74) is 2.24. The molecule has 0 aliphatic carbocycles. The number of halogens is 1. The highest BCUT2D eigenvalue weighted by Gasteiger charge is 2.33. The number of ether oxygens (including phenoxy) is 1. The zero-order valence-corrected chi connectivity index (χ0v) is 19.5. The molecule has 8 heteroatoms. The van der Waals surface area contributed by atoms with Crippen molar-refractivity contribution >= 4 is 46.7 Å². The van der Waals surface area contributed by atoms with Crippen LogP contribution in [-0.2, 0) is 9.53 Å². The number of rotatable bonds is 4. The molecule has 1 aromatic heterocycles. The summed E-state index contributed by atoms with van der Waals surface area (Å²) in [6.07, 6.45) is 3.76. The van der Waals surface area contributed by atoms with Gasteiger partial charge in [0.1, 0.15) is 0 Å². The number of thioether (sulfide) groups is 1. The van der Waals surface area contributed by atoms with Crippen molar-refractivity contribution in [1.29, 1.82) is 0 Å². The van der Waals surface area contributed by atoms with Crippen LogP contribution in [0.5, 0.6) is 0 Å². The SMILES string of the molecule is COC(=O)C1=C(C)N=c2s/c(=C\c3ccccc3Cl)c(=O)n2[C@@H]1c1ccc(SC)cc1. The number of benzene rings is 2. The molecule has 0 bridgehead atoms. The van der Waals surface area contributed by atoms with Crippen molar-refractivity contribution in [3.05, 3.63) is 95.6 Å². The van der Waals surface area contributed by atoms with Crippen LogP contribution in [0.4, 0.5) is 0 Å². The van der Waals surface area contributed by atoms with Crippen molar-refractivity contribution in [2.45, 2.75) is 17.9 Å². The molecular formula is C23H19ClN2O3S2. The monoisotopic (exact) mass is 470 g/mol. The highest BCUT2D eigenvalue weighted by molar-refractivity contribution is 7.98. The average Bonchev–Trinajstić information content (AvgIpc) is 3.08. The Morgan fingerprint density at radius 1 is 1.23 bits per heavy atom. The highest BCUT2D eigenvalue weighted by atomic mass is 35.5. The zero-order valence-electron chi connectivity index (χ0n) is 17.1. The number of hydrogen-bond donors (Lipinski definition) is 0. The minimum Gasteiger partial charge on any atom is -0.466 e. The van der Waals surface area contributed by atoms with Crippen molar-refractivity contribution < 1.29 is 9.53 Å². The van der Waals surface area contributed by atoms with Gasteiger partial charge in [-0.1, -0.05) is 53.3 Å². The van der Waals surface area contributed by atoms with Gasteiger partial charge in [0.25, 0.3) is 5.56 Å². The van der Waals surface area contributed by atoms with Gasteiger partial charge in [0.2, 0.25) is 0 Å². The number of esters is 1. The predicted molar refractivity (Wildman–Crippen MR) is 125 cm³/mol. The van der Waals surface area contributed by atoms with Gasteiger partial charge < -0.3 is 4.74 Å². The third kappa shape index (κ3) is 4.01. The molecule has 1 aliphatic rings. The van der Waals surface area contributed by atoms with Gasteiger partial charge in [-0.25, -0.2) is 9.79 Å². The standard InChI is InChI=1S/C23H19ClN2O3S2/c1-13-19(22(28)29-2)20(14-8-10-16(30-3)11-9-14)26-21(27)18(31-23(26)25-13)12-15-6-4-5-7-17(15)24/h4-12,20H,1-3H3/b18-12-/t20-/m1/s1. The number of carbonyl (C=O) groups excluding carboxylic acids is 1. The lowest BCUT2D eigenvalue weighted by Crippen LogP contribution is -2.39. The van der Waals surface area contributed by atoms with Crippen molar-refractivity contribution in [3.63, 3.8) is 0 Å². The second-order valence-corrected chi connectivity index (χ2v) is 9.16. The first-order valence-electron chi connectivity index (χ1n) is 9.44. The fraction of sp³-hybridized carbons (Fsp3) is 0.174. The third-order valence-corrected chi connectivity index (χ3v) is 7.12. The van der Waals surface area contributed by atoms with Crippen LogP contribution in [0, 0.1) is 0 Å². The first kappa shape index (κ1) is 21.6. The first-order valence-corrected chi connectivity index (χ1v) is 11.9. The Bertz CT molecular complexity index is 1370. The van der Waals surface area contributed by atoms with Crippen LogP contribution in [0.15, 0.2) is 74.5 Å². The van der Waals surface area contributed by atoms with E-state index in [2.05, 4.69) is 4.99 Å². The van der Waals surface area contributed by atoms with Gasteiger partial charge in [-0.3, -0.25) is 9.36 Å². The Hall–Kier alpha value is -2.61. The van der Waals surface area contributed by atoms with E-state index in [1.807, 2.05) is 48.7 Å². The summed E-state index contributed by atoms with van der Waals surface area (Å²) in [5, 5.41) is 0.559. The molecule has 0 saturated heterocycles. The van der Waals surface area contributed by atoms with E-state index < -0.39 is 12.0 Å². The fourth-order valence-corrected chi connectivity index (χ4v) is 5.16. The molecule has 0 radical (unpaired) electrons. The maximum Gasteiger partial charge on any atom is 0.338 e. The number of methoxy groups -OCH3 is 1. The Balaban J connectivity index is 1.97. The lowest BCUT2D eigenvalue weighted by molar-refractivity contribution is -0.136. The Labute approximate surface area is 192 Å². The molecule has 5 nitrogen and oxygen atoms in total. The number of allylic oxidation sites excluding steroid dienone is 1. The highest BCUT2D eigenvalue weighted by Crippen LogP contribution is 2.31. The van der Waals surface area contributed by atoms with E-state index in [0.29, 0.717) is 25.6 Å². The number of nitrogens with zero attached hydrogens (tertiary/aromatic N) is 2. The molecule has 1 aliphatic heterocycles. The molecule has 1 atom stereocenters. The lowest BCUT2D eigenvalue weighted by Gasteiger charge is -2.24. The molecule has 0 saturated carbocycles. The van der Waals surface area contributed by atoms with Crippen LogP contribution >= 0.6 is 34.7 Å². The summed E-state index contributed by atoms with van der Waals surface area (Å²) in [7, 11) is 1.33. The summed E-state index contributed by atoms with van der Waals surface area (Å²) >= 11 is 9.18. The smallest absolute Gasteiger partial charge is 0.338 e. The second-order valence-electron chi connectivity index (χ2n) is 6.87. The van der Waals surface area contributed by atoms with E-state index >= 15 is 0 Å². The molecule has 0 spiro atoms. The molecule has 31 heavy (non-hydrogen) atoms. The molecule has 0 fully saturated rings. The minimum absolute atomic E-state index is 0.225. The Morgan fingerprint density at radius 2 is 1.94 bits per heavy atom. The molecule has 4 rings (SSSR count). The van der Waals surface area contributed by atoms with E-state index in [1.165, 1.54) is 18.4 Å². The molecule has 158 valence electrons. The largest absolute Gasteiger partial charge is 0.466 e. The molecule has 3 aromatic rings. The third-order valence-electron chi connectivity index (χ3n) is 5.05. The number of fused-ring (bicyclic) bond motifs is 1. The van der Waals surface area contributed by atoms with E-state index in [-0.39, 0.29) is 5.56 Å². The van der Waals surface area contributed by atoms with Crippen molar-refractivity contribution in [3.8, 4) is 0 Å². The quantitative estimate of drug-likeness (QED) is 0.430. The number of thiazole rings is 1. The molecule has 0 N–H and O–H groups in total. The van der Waals surface area contributed by atoms with Crippen molar-refractivity contribution in [2.24, 2.45) is 4.99 Å². The summed E-state index contributed by atoms with van der Waals surface area (Å²) in [6.45, 7) is 1.76. The van der Waals surface area contributed by atoms with Crippen LogP contribution in [0.2, 0.25) is 5.02 Å². The lowest BCUT2D eigenvalue weighted by atomic mass is 9.96. The van der Waals surface area contributed by atoms with Crippen molar-refractivity contribution in [2.75, 3.05) is 13.4 Å². The van der Waals surface area contributed by atoms with Crippen LogP contribution in [0.25, 0.3) is 6.08 Å². The summed E-state index contributed by atoms with van der Waals surface area (Å²) < 4.78 is 7.10. The normalized spacial score (nSPS) is 16.1. The van der Waals surface area contributed by atoms with Crippen LogP contribution in [-0.4, -0.2) is 23.9 Å². The van der Waals surface area contributed by atoms with Crippen LogP contribution < -0.4 is 14.9 Å². The topological polar surface area (TPSA) is 60.7 Å². The Kier molecular flexibility index (Phi) is 6.18. The van der Waals surface area contributed by atoms with Crippen LogP contribution in [0.1, 0.15) is 24.1 Å². The number of aromatic nitrogens is 1. The minimum atomic E-state index is -0.618. The summed E-state index contributed by atoms with van der Waals surface area (Å²) in [6, 6.07) is 14.5. The zero-order chi connectivity index (χ0) is 22.1. The van der Waals surface area contributed by atoms with Gasteiger partial charge in [-0.15, -0.1) is 11.8 Å². The van der Waals surface area contributed by atoms with Gasteiger partial charge in [0, 0.05) is 9.92 Å². The summed E-state index contributed by atoms with van der Waals surface area (Å²) in [4.78, 5) is 32.3. The molecule has 0 amide bonds. The number of hydrogen-bond acceptors (Lipinski definition) is 6. The van der Waals surface area contributed by atoms with E-state index in [1.54, 1.807) is 35.4 Å².